The predicted octanol–water partition coefficient (Wildman–Crippen LogP) is 2.14. The van der Waals surface area contributed by atoms with Gasteiger partial charge in [0.05, 0.1) is 0 Å². The van der Waals surface area contributed by atoms with Gasteiger partial charge in [0.15, 0.2) is 0 Å². The van der Waals surface area contributed by atoms with E-state index in [4.69, 9.17) is 5.73 Å². The van der Waals surface area contributed by atoms with E-state index in [1.807, 2.05) is 0 Å². The molecule has 0 spiro atoms. The summed E-state index contributed by atoms with van der Waals surface area (Å²) in [5.41, 5.74) is 7.40. The number of nitrogens with two attached hydrogens (primary N) is 1. The molecule has 1 saturated carbocycles. The van der Waals surface area contributed by atoms with E-state index in [-0.39, 0.29) is 17.0 Å². The normalized spacial score (nSPS) is 17.9. The maximum Gasteiger partial charge on any atom is 0.126 e. The molecule has 82 valence electrons. The number of rotatable bonds is 2. The average Bonchev–Trinajstić information content (AvgIpc) is 2.96. The summed E-state index contributed by atoms with van der Waals surface area (Å²) >= 11 is 0. The zero-order valence-electron chi connectivity index (χ0n) is 9.10. The second kappa shape index (κ2) is 3.20. The lowest BCUT2D eigenvalue weighted by atomic mass is 9.89. The molecule has 0 unspecified atom stereocenters. The van der Waals surface area contributed by atoms with Crippen molar-refractivity contribution in [1.82, 2.24) is 0 Å². The maximum absolute atomic E-state index is 13.6. The first-order valence-electron chi connectivity index (χ1n) is 5.21. The minimum absolute atomic E-state index is 0.166. The fourth-order valence-corrected chi connectivity index (χ4v) is 2.22. The van der Waals surface area contributed by atoms with Crippen molar-refractivity contribution in [2.75, 3.05) is 6.54 Å². The zero-order valence-corrected chi connectivity index (χ0v) is 9.10. The van der Waals surface area contributed by atoms with Crippen molar-refractivity contribution in [2.45, 2.75) is 32.1 Å². The van der Waals surface area contributed by atoms with Gasteiger partial charge in [0, 0.05) is 17.5 Å². The molecule has 1 aliphatic rings. The van der Waals surface area contributed by atoms with Crippen LogP contribution in [0.4, 0.5) is 4.39 Å². The van der Waals surface area contributed by atoms with E-state index in [1.165, 1.54) is 6.07 Å². The van der Waals surface area contributed by atoms with Crippen LogP contribution in [0.25, 0.3) is 0 Å². The predicted molar refractivity (Wildman–Crippen MR) is 57.5 cm³/mol. The molecule has 3 heteroatoms. The molecule has 2 rings (SSSR count). The third kappa shape index (κ3) is 1.42. The highest BCUT2D eigenvalue weighted by Gasteiger charge is 2.46. The van der Waals surface area contributed by atoms with Crippen molar-refractivity contribution >= 4 is 0 Å². The van der Waals surface area contributed by atoms with E-state index in [2.05, 4.69) is 0 Å². The molecule has 0 bridgehead atoms. The van der Waals surface area contributed by atoms with E-state index < -0.39 is 0 Å². The van der Waals surface area contributed by atoms with Gasteiger partial charge in [-0.25, -0.2) is 4.39 Å². The Hall–Kier alpha value is -1.09. The monoisotopic (exact) mass is 209 g/mol. The van der Waals surface area contributed by atoms with Crippen LogP contribution in [0.1, 0.15) is 29.5 Å². The van der Waals surface area contributed by atoms with Crippen LogP contribution in [0.15, 0.2) is 6.07 Å². The minimum atomic E-state index is -0.250. The molecule has 0 amide bonds. The van der Waals surface area contributed by atoms with E-state index >= 15 is 0 Å². The van der Waals surface area contributed by atoms with Gasteiger partial charge in [0.1, 0.15) is 11.6 Å². The van der Waals surface area contributed by atoms with E-state index in [9.17, 15) is 9.50 Å². The lowest BCUT2D eigenvalue weighted by molar-refractivity contribution is 0.449. The lowest BCUT2D eigenvalue weighted by Gasteiger charge is -2.19. The Labute approximate surface area is 88.9 Å². The van der Waals surface area contributed by atoms with E-state index in [0.29, 0.717) is 17.7 Å². The Morgan fingerprint density at radius 3 is 2.53 bits per heavy atom. The Morgan fingerprint density at radius 1 is 1.47 bits per heavy atom. The summed E-state index contributed by atoms with van der Waals surface area (Å²) in [6.07, 6.45) is 1.89. The van der Waals surface area contributed by atoms with Gasteiger partial charge in [-0.1, -0.05) is 0 Å². The van der Waals surface area contributed by atoms with Crippen LogP contribution in [-0.4, -0.2) is 11.7 Å². The summed E-state index contributed by atoms with van der Waals surface area (Å²) in [5, 5.41) is 9.99. The first-order valence-corrected chi connectivity index (χ1v) is 5.21. The first-order chi connectivity index (χ1) is 7.02. The molecule has 0 heterocycles. The summed E-state index contributed by atoms with van der Waals surface area (Å²) in [7, 11) is 0. The SMILES string of the molecule is Cc1cc(F)c(C)c(C2(CN)CC2)c1O. The van der Waals surface area contributed by atoms with Gasteiger partial charge in [-0.2, -0.15) is 0 Å². The average molecular weight is 209 g/mol. The van der Waals surface area contributed by atoms with E-state index in [1.54, 1.807) is 13.8 Å². The van der Waals surface area contributed by atoms with Crippen molar-refractivity contribution in [1.29, 1.82) is 0 Å². The van der Waals surface area contributed by atoms with Gasteiger partial charge in [0.2, 0.25) is 0 Å². The number of hydrogen-bond donors (Lipinski definition) is 2. The smallest absolute Gasteiger partial charge is 0.126 e. The molecule has 0 atom stereocenters. The minimum Gasteiger partial charge on any atom is -0.507 e. The van der Waals surface area contributed by atoms with Crippen LogP contribution < -0.4 is 5.73 Å². The molecule has 15 heavy (non-hydrogen) atoms. The van der Waals surface area contributed by atoms with Crippen molar-refractivity contribution in [3.8, 4) is 5.75 Å². The molecule has 1 aromatic rings. The van der Waals surface area contributed by atoms with Gasteiger partial charge in [-0.15, -0.1) is 0 Å². The lowest BCUT2D eigenvalue weighted by Crippen LogP contribution is -2.21. The van der Waals surface area contributed by atoms with Gasteiger partial charge in [-0.05, 0) is 43.9 Å². The van der Waals surface area contributed by atoms with E-state index in [0.717, 1.165) is 18.4 Å². The van der Waals surface area contributed by atoms with Gasteiger partial charge in [-0.3, -0.25) is 0 Å². The molecule has 0 radical (unpaired) electrons. The molecule has 1 fully saturated rings. The highest BCUT2D eigenvalue weighted by molar-refractivity contribution is 5.52. The molecule has 1 aromatic carbocycles. The van der Waals surface area contributed by atoms with Crippen molar-refractivity contribution < 1.29 is 9.50 Å². The number of phenols is 1. The number of benzene rings is 1. The number of phenolic OH excluding ortho intramolecular Hbond substituents is 1. The standard InChI is InChI=1S/C12H16FNO/c1-7-5-9(13)8(2)10(11(7)15)12(6-14)3-4-12/h5,15H,3-4,6,14H2,1-2H3. The Bertz CT molecular complexity index is 384. The van der Waals surface area contributed by atoms with Crippen molar-refractivity contribution in [3.05, 3.63) is 28.6 Å². The Balaban J connectivity index is 2.64. The summed E-state index contributed by atoms with van der Waals surface area (Å²) in [6, 6.07) is 1.38. The van der Waals surface area contributed by atoms with Gasteiger partial charge < -0.3 is 10.8 Å². The molecular formula is C12H16FNO. The molecular weight excluding hydrogens is 193 g/mol. The largest absolute Gasteiger partial charge is 0.507 e. The summed E-state index contributed by atoms with van der Waals surface area (Å²) in [4.78, 5) is 0. The van der Waals surface area contributed by atoms with Crippen LogP contribution in [0.5, 0.6) is 5.75 Å². The number of halogens is 1. The summed E-state index contributed by atoms with van der Waals surface area (Å²) in [5.74, 6) is -0.0307. The number of aryl methyl sites for hydroxylation is 1. The highest BCUT2D eigenvalue weighted by atomic mass is 19.1. The van der Waals surface area contributed by atoms with Crippen LogP contribution >= 0.6 is 0 Å². The first kappa shape index (κ1) is 10.4. The van der Waals surface area contributed by atoms with Crippen LogP contribution in [-0.2, 0) is 5.41 Å². The number of hydrogen-bond acceptors (Lipinski definition) is 2. The van der Waals surface area contributed by atoms with Crippen LogP contribution in [0.2, 0.25) is 0 Å². The Morgan fingerprint density at radius 2 is 2.07 bits per heavy atom. The molecule has 1 aliphatic carbocycles. The van der Waals surface area contributed by atoms with Crippen LogP contribution in [0.3, 0.4) is 0 Å². The fourth-order valence-electron chi connectivity index (χ4n) is 2.22. The summed E-state index contributed by atoms with van der Waals surface area (Å²) in [6.45, 7) is 3.90. The van der Waals surface area contributed by atoms with Crippen molar-refractivity contribution in [3.63, 3.8) is 0 Å². The third-order valence-corrected chi connectivity index (χ3v) is 3.46. The van der Waals surface area contributed by atoms with Crippen molar-refractivity contribution in [2.24, 2.45) is 5.73 Å². The molecule has 2 nitrogen and oxygen atoms in total. The second-order valence-electron chi connectivity index (χ2n) is 4.51. The fraction of sp³-hybridized carbons (Fsp3) is 0.500. The van der Waals surface area contributed by atoms with Crippen LogP contribution in [0, 0.1) is 19.7 Å². The van der Waals surface area contributed by atoms with Gasteiger partial charge in [0.25, 0.3) is 0 Å². The zero-order chi connectivity index (χ0) is 11.2. The second-order valence-corrected chi connectivity index (χ2v) is 4.51. The molecule has 0 saturated heterocycles. The molecule has 0 aliphatic heterocycles. The Kier molecular flexibility index (Phi) is 2.23. The third-order valence-electron chi connectivity index (χ3n) is 3.46. The molecule has 0 aromatic heterocycles. The topological polar surface area (TPSA) is 46.2 Å². The maximum atomic E-state index is 13.6. The van der Waals surface area contributed by atoms with Gasteiger partial charge >= 0.3 is 0 Å². The summed E-state index contributed by atoms with van der Waals surface area (Å²) < 4.78 is 13.6. The molecule has 3 N–H and O–H groups in total. The quantitative estimate of drug-likeness (QED) is 0.783. The number of aromatic hydroxyl groups is 1. The highest BCUT2D eigenvalue weighted by Crippen LogP contribution is 2.52.